The Balaban J connectivity index is 2.32. The molecule has 6 heteroatoms. The number of furan rings is 1. The molecule has 1 aromatic carbocycles. The molecule has 3 rings (SSSR count). The van der Waals surface area contributed by atoms with Crippen LogP contribution in [0.5, 0.6) is 5.75 Å². The maximum atomic E-state index is 6.31. The van der Waals surface area contributed by atoms with Gasteiger partial charge in [0.05, 0.1) is 18.4 Å². The molecular formula is C12H9ClN2O3. The SMILES string of the molecule is COc1cc(-c2cc(N)no2)c(Cl)c2ccoc12. The molecule has 0 radical (unpaired) electrons. The van der Waals surface area contributed by atoms with Gasteiger partial charge in [0.1, 0.15) is 0 Å². The highest BCUT2D eigenvalue weighted by molar-refractivity contribution is 6.38. The summed E-state index contributed by atoms with van der Waals surface area (Å²) in [4.78, 5) is 0. The molecule has 18 heavy (non-hydrogen) atoms. The number of fused-ring (bicyclic) bond motifs is 1. The van der Waals surface area contributed by atoms with Gasteiger partial charge in [0.25, 0.3) is 0 Å². The summed E-state index contributed by atoms with van der Waals surface area (Å²) in [5.41, 5.74) is 6.79. The molecule has 0 aliphatic heterocycles. The molecule has 0 aliphatic rings. The Bertz CT molecular complexity index is 717. The zero-order valence-electron chi connectivity index (χ0n) is 9.44. The van der Waals surface area contributed by atoms with Gasteiger partial charge in [-0.05, 0) is 12.1 Å². The Morgan fingerprint density at radius 3 is 2.89 bits per heavy atom. The van der Waals surface area contributed by atoms with Gasteiger partial charge in [-0.3, -0.25) is 0 Å². The van der Waals surface area contributed by atoms with Gasteiger partial charge in [0, 0.05) is 17.0 Å². The van der Waals surface area contributed by atoms with Crippen LogP contribution in [0, 0.1) is 0 Å². The maximum absolute atomic E-state index is 6.31. The van der Waals surface area contributed by atoms with E-state index in [-0.39, 0.29) is 0 Å². The van der Waals surface area contributed by atoms with Gasteiger partial charge >= 0.3 is 0 Å². The van der Waals surface area contributed by atoms with Gasteiger partial charge in [0.2, 0.25) is 0 Å². The summed E-state index contributed by atoms with van der Waals surface area (Å²) in [7, 11) is 1.56. The van der Waals surface area contributed by atoms with E-state index >= 15 is 0 Å². The predicted molar refractivity (Wildman–Crippen MR) is 67.7 cm³/mol. The molecule has 0 aliphatic carbocycles. The average Bonchev–Trinajstić information content (AvgIpc) is 2.99. The molecule has 3 aromatic rings. The molecule has 0 unspecified atom stereocenters. The van der Waals surface area contributed by atoms with Gasteiger partial charge in [-0.1, -0.05) is 16.8 Å². The van der Waals surface area contributed by atoms with Crippen LogP contribution in [0.2, 0.25) is 5.02 Å². The third-order valence-corrected chi connectivity index (χ3v) is 3.06. The van der Waals surface area contributed by atoms with Crippen molar-refractivity contribution < 1.29 is 13.7 Å². The Morgan fingerprint density at radius 2 is 2.22 bits per heavy atom. The molecule has 0 saturated carbocycles. The van der Waals surface area contributed by atoms with E-state index in [2.05, 4.69) is 5.16 Å². The van der Waals surface area contributed by atoms with Gasteiger partial charge in [-0.2, -0.15) is 0 Å². The second-order valence-corrected chi connectivity index (χ2v) is 4.10. The molecule has 0 saturated heterocycles. The molecule has 5 nitrogen and oxygen atoms in total. The smallest absolute Gasteiger partial charge is 0.177 e. The van der Waals surface area contributed by atoms with Crippen molar-refractivity contribution in [2.75, 3.05) is 12.8 Å². The number of halogens is 1. The van der Waals surface area contributed by atoms with E-state index in [1.807, 2.05) is 0 Å². The number of anilines is 1. The number of nitrogen functional groups attached to an aromatic ring is 1. The molecular weight excluding hydrogens is 256 g/mol. The summed E-state index contributed by atoms with van der Waals surface area (Å²) in [6, 6.07) is 5.10. The van der Waals surface area contributed by atoms with Crippen LogP contribution in [-0.4, -0.2) is 12.3 Å². The highest BCUT2D eigenvalue weighted by atomic mass is 35.5. The van der Waals surface area contributed by atoms with Crippen LogP contribution in [-0.2, 0) is 0 Å². The fourth-order valence-electron chi connectivity index (χ4n) is 1.82. The van der Waals surface area contributed by atoms with Crippen molar-refractivity contribution in [1.82, 2.24) is 5.16 Å². The fraction of sp³-hybridized carbons (Fsp3) is 0.0833. The number of hydrogen-bond acceptors (Lipinski definition) is 5. The Kier molecular flexibility index (Phi) is 2.41. The quantitative estimate of drug-likeness (QED) is 0.768. The number of nitrogens with two attached hydrogens (primary N) is 1. The molecule has 0 spiro atoms. The van der Waals surface area contributed by atoms with E-state index in [1.54, 1.807) is 31.6 Å². The lowest BCUT2D eigenvalue weighted by atomic mass is 10.1. The zero-order chi connectivity index (χ0) is 12.7. The largest absolute Gasteiger partial charge is 0.493 e. The molecule has 2 aromatic heterocycles. The van der Waals surface area contributed by atoms with Crippen LogP contribution in [0.25, 0.3) is 22.3 Å². The third-order valence-electron chi connectivity index (χ3n) is 2.65. The molecule has 92 valence electrons. The molecule has 0 fully saturated rings. The summed E-state index contributed by atoms with van der Waals surface area (Å²) in [5, 5.41) is 4.90. The standard InChI is InChI=1S/C12H9ClN2O3/c1-16-9-4-7(8-5-10(14)15-18-8)11(13)6-2-3-17-12(6)9/h2-5H,1H3,(H2,14,15). The topological polar surface area (TPSA) is 74.4 Å². The minimum absolute atomic E-state index is 0.298. The number of aromatic nitrogens is 1. The molecule has 2 heterocycles. The third kappa shape index (κ3) is 1.52. The number of methoxy groups -OCH3 is 1. The van der Waals surface area contributed by atoms with E-state index in [1.165, 1.54) is 0 Å². The highest BCUT2D eigenvalue weighted by Crippen LogP contribution is 2.40. The van der Waals surface area contributed by atoms with Crippen molar-refractivity contribution in [3.05, 3.63) is 29.5 Å². The van der Waals surface area contributed by atoms with Crippen molar-refractivity contribution in [2.24, 2.45) is 0 Å². The first kappa shape index (κ1) is 11.0. The minimum atomic E-state index is 0.298. The molecule has 0 atom stereocenters. The summed E-state index contributed by atoms with van der Waals surface area (Å²) in [6.45, 7) is 0. The first-order valence-corrected chi connectivity index (χ1v) is 5.54. The Hall–Kier alpha value is -2.14. The molecule has 0 amide bonds. The summed E-state index contributed by atoms with van der Waals surface area (Å²) >= 11 is 6.31. The van der Waals surface area contributed by atoms with Gasteiger partial charge in [-0.15, -0.1) is 0 Å². The average molecular weight is 265 g/mol. The summed E-state index contributed by atoms with van der Waals surface area (Å²) < 4.78 is 15.7. The Labute approximate surface area is 107 Å². The lowest BCUT2D eigenvalue weighted by molar-refractivity contribution is 0.409. The van der Waals surface area contributed by atoms with Crippen LogP contribution in [0.15, 0.2) is 33.4 Å². The van der Waals surface area contributed by atoms with Crippen LogP contribution in [0.4, 0.5) is 5.82 Å². The normalized spacial score (nSPS) is 11.0. The highest BCUT2D eigenvalue weighted by Gasteiger charge is 2.17. The first-order chi connectivity index (χ1) is 8.70. The van der Waals surface area contributed by atoms with E-state index in [0.717, 1.165) is 5.39 Å². The molecule has 2 N–H and O–H groups in total. The van der Waals surface area contributed by atoms with Gasteiger partial charge < -0.3 is 19.4 Å². The second kappa shape index (κ2) is 3.96. The van der Waals surface area contributed by atoms with E-state index < -0.39 is 0 Å². The van der Waals surface area contributed by atoms with Crippen molar-refractivity contribution >= 4 is 28.4 Å². The van der Waals surface area contributed by atoms with E-state index in [4.69, 9.17) is 31.0 Å². The number of benzene rings is 1. The summed E-state index contributed by atoms with van der Waals surface area (Å²) in [6.07, 6.45) is 1.55. The van der Waals surface area contributed by atoms with Gasteiger partial charge in [-0.25, -0.2) is 0 Å². The van der Waals surface area contributed by atoms with Crippen molar-refractivity contribution in [3.8, 4) is 17.1 Å². The lowest BCUT2D eigenvalue weighted by Gasteiger charge is -2.06. The maximum Gasteiger partial charge on any atom is 0.177 e. The van der Waals surface area contributed by atoms with Crippen molar-refractivity contribution in [3.63, 3.8) is 0 Å². The number of rotatable bonds is 2. The van der Waals surface area contributed by atoms with Crippen molar-refractivity contribution in [2.45, 2.75) is 0 Å². The minimum Gasteiger partial charge on any atom is -0.493 e. The number of ether oxygens (including phenoxy) is 1. The van der Waals surface area contributed by atoms with Crippen molar-refractivity contribution in [1.29, 1.82) is 0 Å². The second-order valence-electron chi connectivity index (χ2n) is 3.72. The lowest BCUT2D eigenvalue weighted by Crippen LogP contribution is -1.86. The number of nitrogens with zero attached hydrogens (tertiary/aromatic N) is 1. The number of hydrogen-bond donors (Lipinski definition) is 1. The van der Waals surface area contributed by atoms with Gasteiger partial charge in [0.15, 0.2) is 22.9 Å². The monoisotopic (exact) mass is 264 g/mol. The van der Waals surface area contributed by atoms with Crippen LogP contribution >= 0.6 is 11.6 Å². The zero-order valence-corrected chi connectivity index (χ0v) is 10.2. The fourth-order valence-corrected chi connectivity index (χ4v) is 2.12. The first-order valence-electron chi connectivity index (χ1n) is 5.17. The van der Waals surface area contributed by atoms with E-state index in [9.17, 15) is 0 Å². The molecule has 0 bridgehead atoms. The van der Waals surface area contributed by atoms with Crippen LogP contribution in [0.1, 0.15) is 0 Å². The van der Waals surface area contributed by atoms with E-state index in [0.29, 0.717) is 33.5 Å². The Morgan fingerprint density at radius 1 is 1.39 bits per heavy atom. The van der Waals surface area contributed by atoms with Crippen LogP contribution in [0.3, 0.4) is 0 Å². The van der Waals surface area contributed by atoms with Crippen LogP contribution < -0.4 is 10.5 Å². The predicted octanol–water partition coefficient (Wildman–Crippen LogP) is 3.33. The summed E-state index contributed by atoms with van der Waals surface area (Å²) in [5.74, 6) is 1.36.